The summed E-state index contributed by atoms with van der Waals surface area (Å²) in [6, 6.07) is 4.70. The number of amides is 1. The van der Waals surface area contributed by atoms with Crippen molar-refractivity contribution in [3.05, 3.63) is 23.2 Å². The van der Waals surface area contributed by atoms with Gasteiger partial charge >= 0.3 is 0 Å². The molecule has 1 heterocycles. The molecule has 1 atom stereocenters. The highest BCUT2D eigenvalue weighted by molar-refractivity contribution is 7.92. The van der Waals surface area contributed by atoms with E-state index in [0.717, 1.165) is 6.26 Å². The number of benzene rings is 1. The van der Waals surface area contributed by atoms with E-state index in [1.54, 1.807) is 12.1 Å². The van der Waals surface area contributed by atoms with Crippen LogP contribution in [0.2, 0.25) is 5.02 Å². The first kappa shape index (κ1) is 15.9. The molecule has 0 saturated heterocycles. The van der Waals surface area contributed by atoms with Crippen molar-refractivity contribution in [1.29, 1.82) is 0 Å². The second kappa shape index (κ2) is 6.11. The summed E-state index contributed by atoms with van der Waals surface area (Å²) in [6.07, 6.45) is 0.659. The number of hydrogen-bond donors (Lipinski definition) is 1. The zero-order valence-corrected chi connectivity index (χ0v) is 13.4. The van der Waals surface area contributed by atoms with E-state index in [-0.39, 0.29) is 18.9 Å². The minimum Gasteiger partial charge on any atom is -0.478 e. The zero-order valence-electron chi connectivity index (χ0n) is 11.8. The first-order chi connectivity index (χ1) is 9.82. The molecular formula is C13H17ClN2O4S. The normalized spacial score (nSPS) is 18.4. The largest absolute Gasteiger partial charge is 0.478 e. The molecule has 0 aliphatic carbocycles. The van der Waals surface area contributed by atoms with Crippen molar-refractivity contribution in [1.82, 2.24) is 5.32 Å². The number of anilines is 1. The van der Waals surface area contributed by atoms with Crippen LogP contribution in [-0.2, 0) is 14.8 Å². The third-order valence-electron chi connectivity index (χ3n) is 3.10. The highest BCUT2D eigenvalue weighted by Gasteiger charge is 2.31. The molecular weight excluding hydrogens is 316 g/mol. The Hall–Kier alpha value is -1.47. The second-order valence-corrected chi connectivity index (χ2v) is 7.08. The Balaban J connectivity index is 2.42. The van der Waals surface area contributed by atoms with E-state index in [4.69, 9.17) is 16.3 Å². The van der Waals surface area contributed by atoms with Gasteiger partial charge in [0, 0.05) is 24.5 Å². The summed E-state index contributed by atoms with van der Waals surface area (Å²) in [7, 11) is -3.48. The maximum absolute atomic E-state index is 12.0. The maximum atomic E-state index is 12.0. The lowest BCUT2D eigenvalue weighted by Crippen LogP contribution is -2.39. The van der Waals surface area contributed by atoms with Crippen LogP contribution in [0.15, 0.2) is 18.2 Å². The number of carbonyl (C=O) groups excluding carboxylic acids is 1. The van der Waals surface area contributed by atoms with Crippen molar-refractivity contribution in [3.8, 4) is 5.75 Å². The summed E-state index contributed by atoms with van der Waals surface area (Å²) in [4.78, 5) is 12.0. The molecule has 1 aromatic rings. The van der Waals surface area contributed by atoms with Gasteiger partial charge in [-0.3, -0.25) is 9.10 Å². The van der Waals surface area contributed by atoms with E-state index in [9.17, 15) is 13.2 Å². The Morgan fingerprint density at radius 2 is 2.24 bits per heavy atom. The lowest BCUT2D eigenvalue weighted by atomic mass is 10.2. The first-order valence-corrected chi connectivity index (χ1v) is 8.77. The number of sulfonamides is 1. The predicted molar refractivity (Wildman–Crippen MR) is 81.4 cm³/mol. The molecule has 21 heavy (non-hydrogen) atoms. The van der Waals surface area contributed by atoms with Crippen LogP contribution in [0.4, 0.5) is 5.69 Å². The summed E-state index contributed by atoms with van der Waals surface area (Å²) >= 11 is 5.94. The summed E-state index contributed by atoms with van der Waals surface area (Å²) in [5.74, 6) is 0.0762. The van der Waals surface area contributed by atoms with Crippen molar-refractivity contribution >= 4 is 33.2 Å². The van der Waals surface area contributed by atoms with E-state index in [1.165, 1.54) is 10.4 Å². The van der Waals surface area contributed by atoms with E-state index < -0.39 is 16.1 Å². The summed E-state index contributed by atoms with van der Waals surface area (Å²) in [5, 5.41) is 3.09. The van der Waals surface area contributed by atoms with Crippen molar-refractivity contribution in [2.75, 3.05) is 23.7 Å². The van der Waals surface area contributed by atoms with Gasteiger partial charge in [0.05, 0.1) is 11.9 Å². The molecule has 6 nitrogen and oxygen atoms in total. The molecule has 1 unspecified atom stereocenters. The van der Waals surface area contributed by atoms with E-state index in [2.05, 4.69) is 5.32 Å². The number of rotatable bonds is 3. The highest BCUT2D eigenvalue weighted by atomic mass is 35.5. The molecule has 0 fully saturated rings. The molecule has 8 heteroatoms. The maximum Gasteiger partial charge on any atom is 0.261 e. The molecule has 1 aliphatic heterocycles. The Bertz CT molecular complexity index is 648. The number of fused-ring (bicyclic) bond motifs is 1. The number of halogens is 1. The Morgan fingerprint density at radius 3 is 2.86 bits per heavy atom. The van der Waals surface area contributed by atoms with E-state index >= 15 is 0 Å². The van der Waals surface area contributed by atoms with Crippen LogP contribution in [0.1, 0.15) is 13.3 Å². The first-order valence-electron chi connectivity index (χ1n) is 6.54. The van der Waals surface area contributed by atoms with Crippen LogP contribution >= 0.6 is 11.6 Å². The van der Waals surface area contributed by atoms with Crippen LogP contribution in [0, 0.1) is 0 Å². The molecule has 1 N–H and O–H groups in total. The van der Waals surface area contributed by atoms with Gasteiger partial charge in [0.2, 0.25) is 10.0 Å². The number of nitrogens with one attached hydrogen (secondary N) is 1. The van der Waals surface area contributed by atoms with Gasteiger partial charge in [0.25, 0.3) is 5.91 Å². The van der Waals surface area contributed by atoms with Gasteiger partial charge in [0.1, 0.15) is 5.75 Å². The molecule has 1 aromatic carbocycles. The van der Waals surface area contributed by atoms with Gasteiger partial charge in [-0.2, -0.15) is 0 Å². The monoisotopic (exact) mass is 332 g/mol. The molecule has 0 bridgehead atoms. The smallest absolute Gasteiger partial charge is 0.261 e. The molecule has 0 radical (unpaired) electrons. The lowest BCUT2D eigenvalue weighted by molar-refractivity contribution is -0.127. The minimum absolute atomic E-state index is 0.161. The molecule has 1 aliphatic rings. The molecule has 0 saturated carbocycles. The SMILES string of the molecule is CCNC(=O)C1CCN(S(C)(=O)=O)c2cc(Cl)ccc2O1. The lowest BCUT2D eigenvalue weighted by Gasteiger charge is -2.21. The van der Waals surface area contributed by atoms with Crippen LogP contribution in [0.25, 0.3) is 0 Å². The Morgan fingerprint density at radius 1 is 1.52 bits per heavy atom. The number of hydrogen-bond acceptors (Lipinski definition) is 4. The molecule has 116 valence electrons. The average molecular weight is 333 g/mol. The van der Waals surface area contributed by atoms with Crippen LogP contribution in [0.5, 0.6) is 5.75 Å². The number of likely N-dealkylation sites (N-methyl/N-ethyl adjacent to an activating group) is 1. The summed E-state index contributed by atoms with van der Waals surface area (Å²) in [5.41, 5.74) is 0.358. The topological polar surface area (TPSA) is 75.7 Å². The van der Waals surface area contributed by atoms with Crippen molar-refractivity contribution in [2.45, 2.75) is 19.4 Å². The standard InChI is InChI=1S/C13H17ClN2O4S/c1-3-15-13(17)12-6-7-16(21(2,18)19)10-8-9(14)4-5-11(10)20-12/h4-5,8,12H,3,6-7H2,1-2H3,(H,15,17). The molecule has 0 aromatic heterocycles. The fraction of sp³-hybridized carbons (Fsp3) is 0.462. The van der Waals surface area contributed by atoms with Gasteiger partial charge in [-0.25, -0.2) is 8.42 Å². The number of nitrogens with zero attached hydrogens (tertiary/aromatic N) is 1. The summed E-state index contributed by atoms with van der Waals surface area (Å²) < 4.78 is 30.8. The van der Waals surface area contributed by atoms with Gasteiger partial charge in [-0.1, -0.05) is 11.6 Å². The fourth-order valence-electron chi connectivity index (χ4n) is 2.17. The van der Waals surface area contributed by atoms with Crippen molar-refractivity contribution in [3.63, 3.8) is 0 Å². The van der Waals surface area contributed by atoms with Gasteiger partial charge < -0.3 is 10.1 Å². The van der Waals surface area contributed by atoms with Crippen molar-refractivity contribution in [2.24, 2.45) is 0 Å². The number of ether oxygens (including phenoxy) is 1. The third kappa shape index (κ3) is 3.59. The molecule has 2 rings (SSSR count). The average Bonchev–Trinajstić information content (AvgIpc) is 2.57. The second-order valence-electron chi connectivity index (χ2n) is 4.74. The third-order valence-corrected chi connectivity index (χ3v) is 4.51. The minimum atomic E-state index is -3.48. The number of carbonyl (C=O) groups is 1. The molecule has 1 amide bonds. The van der Waals surface area contributed by atoms with Crippen LogP contribution in [-0.4, -0.2) is 39.8 Å². The van der Waals surface area contributed by atoms with Gasteiger partial charge in [-0.15, -0.1) is 0 Å². The van der Waals surface area contributed by atoms with Crippen molar-refractivity contribution < 1.29 is 17.9 Å². The van der Waals surface area contributed by atoms with Gasteiger partial charge in [0.15, 0.2) is 6.10 Å². The van der Waals surface area contributed by atoms with Gasteiger partial charge in [-0.05, 0) is 25.1 Å². The Kier molecular flexibility index (Phi) is 4.63. The van der Waals surface area contributed by atoms with E-state index in [0.29, 0.717) is 23.0 Å². The zero-order chi connectivity index (χ0) is 15.6. The molecule has 0 spiro atoms. The summed E-state index contributed by atoms with van der Waals surface area (Å²) in [6.45, 7) is 2.46. The van der Waals surface area contributed by atoms with Crippen LogP contribution < -0.4 is 14.4 Å². The Labute approximate surface area is 129 Å². The van der Waals surface area contributed by atoms with Crippen LogP contribution in [0.3, 0.4) is 0 Å². The van der Waals surface area contributed by atoms with E-state index in [1.807, 2.05) is 6.92 Å². The quantitative estimate of drug-likeness (QED) is 0.907. The predicted octanol–water partition coefficient (Wildman–Crippen LogP) is 1.39. The highest BCUT2D eigenvalue weighted by Crippen LogP contribution is 2.36. The fourth-order valence-corrected chi connectivity index (χ4v) is 3.27.